The van der Waals surface area contributed by atoms with Gasteiger partial charge in [0, 0.05) is 46.4 Å². The van der Waals surface area contributed by atoms with Crippen molar-refractivity contribution in [1.82, 2.24) is 4.90 Å². The van der Waals surface area contributed by atoms with Gasteiger partial charge >= 0.3 is 5.97 Å². The van der Waals surface area contributed by atoms with Crippen LogP contribution in [0.15, 0.2) is 12.1 Å². The summed E-state index contributed by atoms with van der Waals surface area (Å²) in [6, 6.07) is -0.296. The molecule has 0 aliphatic carbocycles. The second-order valence-corrected chi connectivity index (χ2v) is 7.65. The van der Waals surface area contributed by atoms with E-state index in [2.05, 4.69) is 0 Å². The molecule has 0 bridgehead atoms. The van der Waals surface area contributed by atoms with Gasteiger partial charge in [0.2, 0.25) is 0 Å². The van der Waals surface area contributed by atoms with Crippen molar-refractivity contribution in [3.63, 3.8) is 0 Å². The molecule has 2 N–H and O–H groups in total. The van der Waals surface area contributed by atoms with Crippen LogP contribution in [0.2, 0.25) is 0 Å². The van der Waals surface area contributed by atoms with Gasteiger partial charge in [-0.3, -0.25) is 9.69 Å². The van der Waals surface area contributed by atoms with Gasteiger partial charge in [0.05, 0.1) is 15.6 Å². The van der Waals surface area contributed by atoms with Crippen LogP contribution in [0.3, 0.4) is 0 Å². The van der Waals surface area contributed by atoms with E-state index in [9.17, 15) is 10.3 Å². The molecule has 3 rings (SSSR count). The maximum atomic E-state index is 13.2. The Hall–Kier alpha value is -1.79. The molecule has 1 aromatic carbocycles. The third-order valence-electron chi connectivity index (χ3n) is 5.13. The van der Waals surface area contributed by atoms with Gasteiger partial charge in [-0.1, -0.05) is 27.6 Å². The molecule has 0 aromatic heterocycles. The molecule has 2 heterocycles. The number of piperidine rings is 1. The van der Waals surface area contributed by atoms with Crippen molar-refractivity contribution in [1.29, 1.82) is 0 Å². The van der Waals surface area contributed by atoms with E-state index in [1.807, 2.05) is 0 Å². The van der Waals surface area contributed by atoms with Gasteiger partial charge in [-0.05, 0) is 47.9 Å². The van der Waals surface area contributed by atoms with Crippen LogP contribution in [0.5, 0.6) is 11.5 Å². The van der Waals surface area contributed by atoms with E-state index >= 15 is 0 Å². The fourth-order valence-corrected chi connectivity index (χ4v) is 3.41. The first-order valence-electron chi connectivity index (χ1n) is 15.8. The zero-order valence-electron chi connectivity index (χ0n) is 30.0. The molecule has 0 spiro atoms. The van der Waals surface area contributed by atoms with E-state index in [0.29, 0.717) is 18.2 Å². The van der Waals surface area contributed by atoms with E-state index in [1.165, 1.54) is 34.1 Å². The fraction of sp³-hybridized carbons (Fsp3) is 0.708. The Balaban J connectivity index is 2.46. The maximum Gasteiger partial charge on any atom is 0.323 e. The smallest absolute Gasteiger partial charge is 0.323 e. The highest BCUT2D eigenvalue weighted by Gasteiger charge is 2.41. The number of ether oxygens (including phenoxy) is 3. The fourth-order valence-electron chi connectivity index (χ4n) is 3.41. The normalized spacial score (nSPS) is 41.9. The minimum atomic E-state index is -3.86. The summed E-state index contributed by atoms with van der Waals surface area (Å²) in [7, 11) is 2.72. The van der Waals surface area contributed by atoms with Crippen LogP contribution in [0.25, 0.3) is 0 Å². The number of fused-ring (bicyclic) bond motifs is 3. The topological polar surface area (TPSA) is 74.0 Å². The number of methoxy groups -OCH3 is 2. The van der Waals surface area contributed by atoms with Gasteiger partial charge in [0.15, 0.2) is 11.5 Å². The van der Waals surface area contributed by atoms with E-state index in [-0.39, 0.29) is 24.3 Å². The van der Waals surface area contributed by atoms with Gasteiger partial charge in [-0.2, -0.15) is 0 Å². The highest BCUT2D eigenvalue weighted by atomic mass is 16.5. The Morgan fingerprint density at radius 2 is 2.10 bits per heavy atom. The van der Waals surface area contributed by atoms with Crippen LogP contribution < -0.4 is 15.2 Å². The Morgan fingerprint density at radius 3 is 2.73 bits per heavy atom. The van der Waals surface area contributed by atoms with E-state index in [1.54, 1.807) is 6.07 Å². The van der Waals surface area contributed by atoms with E-state index in [4.69, 9.17) is 30.9 Å². The number of nitrogens with two attached hydrogens (primary N) is 1. The molecule has 1 saturated heterocycles. The summed E-state index contributed by atoms with van der Waals surface area (Å²) in [4.78, 5) is 14.1. The Morgan fingerprint density at radius 1 is 1.40 bits per heavy atom. The van der Waals surface area contributed by atoms with E-state index in [0.717, 1.165) is 4.90 Å². The van der Waals surface area contributed by atoms with Crippen molar-refractivity contribution < 1.29 is 35.5 Å². The van der Waals surface area contributed by atoms with Crippen molar-refractivity contribution >= 4 is 5.97 Å². The molecule has 168 valence electrons. The molecular formula is C24H38N2O4. The Kier molecular flexibility index (Phi) is 3.74. The van der Waals surface area contributed by atoms with Crippen LogP contribution in [-0.4, -0.2) is 50.3 Å². The summed E-state index contributed by atoms with van der Waals surface area (Å²) in [6.07, 6.45) is -10.8. The highest BCUT2D eigenvalue weighted by molar-refractivity contribution is 5.76. The van der Waals surface area contributed by atoms with Gasteiger partial charge < -0.3 is 19.9 Å². The lowest BCUT2D eigenvalue weighted by Gasteiger charge is -2.47. The first-order valence-corrected chi connectivity index (χ1v) is 9.83. The SMILES string of the molecule is [2H]C([2H])([2H])C([2H])(C)C([2H])([2H])C1([2H])C([2H])([2H])N2CCc3cc(OC)c(OC)cc3C2C([2H])([2H])C1([2H])OC(=O)[C@@H](N)C(C)C. The van der Waals surface area contributed by atoms with Crippen molar-refractivity contribution in [2.45, 2.75) is 65.0 Å². The average Bonchev–Trinajstić information content (AvgIpc) is 2.88. The number of esters is 1. The van der Waals surface area contributed by atoms with Crippen molar-refractivity contribution in [2.75, 3.05) is 27.3 Å². The predicted octanol–water partition coefficient (Wildman–Crippen LogP) is 3.56. The average molecular weight is 431 g/mol. The quantitative estimate of drug-likeness (QED) is 0.667. The maximum absolute atomic E-state index is 13.2. The Labute approximate surface area is 197 Å². The molecule has 30 heavy (non-hydrogen) atoms. The second-order valence-electron chi connectivity index (χ2n) is 7.65. The molecular weight excluding hydrogens is 380 g/mol. The molecule has 2 aliphatic heterocycles. The lowest BCUT2D eigenvalue weighted by atomic mass is 9.79. The third-order valence-corrected chi connectivity index (χ3v) is 5.13. The van der Waals surface area contributed by atoms with Gasteiger partial charge in [0.1, 0.15) is 12.1 Å². The predicted molar refractivity (Wildman–Crippen MR) is 118 cm³/mol. The zero-order chi connectivity index (χ0) is 32.6. The molecule has 6 nitrogen and oxygen atoms in total. The van der Waals surface area contributed by atoms with Crippen molar-refractivity contribution in [3.8, 4) is 11.5 Å². The number of carbonyl (C=O) groups excluding carboxylic acids is 1. The van der Waals surface area contributed by atoms with Crippen LogP contribution in [0.4, 0.5) is 0 Å². The molecule has 0 saturated carbocycles. The number of hydrogen-bond donors (Lipinski definition) is 1. The lowest BCUT2D eigenvalue weighted by molar-refractivity contribution is -0.160. The van der Waals surface area contributed by atoms with Crippen molar-refractivity contribution in [3.05, 3.63) is 23.3 Å². The minimum Gasteiger partial charge on any atom is -0.493 e. The lowest BCUT2D eigenvalue weighted by Crippen LogP contribution is -2.51. The van der Waals surface area contributed by atoms with Crippen LogP contribution in [-0.2, 0) is 16.0 Å². The molecule has 0 radical (unpaired) electrons. The summed E-state index contributed by atoms with van der Waals surface area (Å²) in [5, 5.41) is 0. The summed E-state index contributed by atoms with van der Waals surface area (Å²) in [5.74, 6) is -8.73. The summed E-state index contributed by atoms with van der Waals surface area (Å²) in [5.41, 5.74) is 6.52. The monoisotopic (exact) mass is 430 g/mol. The van der Waals surface area contributed by atoms with E-state index < -0.39 is 67.9 Å². The van der Waals surface area contributed by atoms with Gasteiger partial charge in [-0.15, -0.1) is 0 Å². The number of hydrogen-bond acceptors (Lipinski definition) is 6. The molecule has 1 aromatic rings. The van der Waals surface area contributed by atoms with Crippen LogP contribution >= 0.6 is 0 Å². The van der Waals surface area contributed by atoms with Crippen molar-refractivity contribution in [2.24, 2.45) is 23.4 Å². The zero-order valence-corrected chi connectivity index (χ0v) is 18.0. The van der Waals surface area contributed by atoms with Crippen LogP contribution in [0.1, 0.15) is 74.0 Å². The molecule has 6 heteroatoms. The highest BCUT2D eigenvalue weighted by Crippen LogP contribution is 2.44. The molecule has 0 amide bonds. The summed E-state index contributed by atoms with van der Waals surface area (Å²) >= 11 is 0. The second kappa shape index (κ2) is 9.56. The molecule has 5 atom stereocenters. The minimum absolute atomic E-state index is 0.0707. The number of rotatable bonds is 7. The first kappa shape index (κ1) is 11.7. The third kappa shape index (κ3) is 4.75. The standard InChI is InChI=1S/C24H38N2O4/c1-14(2)9-17-13-26-8-7-16-10-21(28-5)22(29-6)11-18(16)19(26)12-20(17)30-24(27)23(25)15(3)4/h10-11,14-15,17,19-20,23H,7-9,12-13,25H2,1-6H3/t17?,19?,20?,23-/m0/s1/i1D3,9D2,12D2,13D2,14D,17D,20D/t14?,17?,19?,20?,23-. The number of carbonyl (C=O) groups is 1. The van der Waals surface area contributed by atoms with Gasteiger partial charge in [0.25, 0.3) is 0 Å². The number of nitrogens with zero attached hydrogens (tertiary/aromatic N) is 1. The summed E-state index contributed by atoms with van der Waals surface area (Å²) < 4.78 is 122. The molecule has 2 aliphatic rings. The molecule has 1 fully saturated rings. The van der Waals surface area contributed by atoms with Gasteiger partial charge in [-0.25, -0.2) is 0 Å². The Bertz CT molecular complexity index is 1220. The van der Waals surface area contributed by atoms with Crippen LogP contribution in [0, 0.1) is 17.7 Å². The first-order chi connectivity index (χ1) is 18.8. The molecule has 4 unspecified atom stereocenters. The largest absolute Gasteiger partial charge is 0.493 e. The summed E-state index contributed by atoms with van der Waals surface area (Å²) in [6.45, 7) is -3.48. The number of benzene rings is 1.